The van der Waals surface area contributed by atoms with Crippen molar-refractivity contribution in [2.24, 2.45) is 0 Å². The summed E-state index contributed by atoms with van der Waals surface area (Å²) >= 11 is 0. The lowest BCUT2D eigenvalue weighted by molar-refractivity contribution is 0.196. The first kappa shape index (κ1) is 12.5. The van der Waals surface area contributed by atoms with E-state index in [9.17, 15) is 0 Å². The number of nitrogens with zero attached hydrogens (tertiary/aromatic N) is 2. The minimum atomic E-state index is 0.727. The molecule has 0 radical (unpaired) electrons. The third kappa shape index (κ3) is 3.25. The number of aryl methyl sites for hydroxylation is 1. The van der Waals surface area contributed by atoms with Gasteiger partial charge >= 0.3 is 0 Å². The van der Waals surface area contributed by atoms with Crippen LogP contribution in [0.3, 0.4) is 0 Å². The van der Waals surface area contributed by atoms with Gasteiger partial charge in [0.1, 0.15) is 6.07 Å². The first-order valence-corrected chi connectivity index (χ1v) is 5.40. The minimum Gasteiger partial charge on any atom is -0.385 e. The van der Waals surface area contributed by atoms with Crippen LogP contribution in [0.4, 0.5) is 5.69 Å². The molecule has 0 N–H and O–H groups in total. The van der Waals surface area contributed by atoms with Gasteiger partial charge in [0.15, 0.2) is 0 Å². The fourth-order valence-electron chi connectivity index (χ4n) is 1.62. The molecular formula is C13H18N2O. The summed E-state index contributed by atoms with van der Waals surface area (Å²) in [7, 11) is 3.71. The van der Waals surface area contributed by atoms with Crippen molar-refractivity contribution in [2.75, 3.05) is 32.2 Å². The molecule has 0 aliphatic rings. The molecule has 1 aromatic carbocycles. The van der Waals surface area contributed by atoms with Crippen LogP contribution >= 0.6 is 0 Å². The maximum Gasteiger partial charge on any atom is 0.101 e. The van der Waals surface area contributed by atoms with Crippen LogP contribution in [0.5, 0.6) is 0 Å². The van der Waals surface area contributed by atoms with Gasteiger partial charge in [-0.15, -0.1) is 0 Å². The van der Waals surface area contributed by atoms with Crippen LogP contribution in [0.25, 0.3) is 0 Å². The Morgan fingerprint density at radius 3 is 2.81 bits per heavy atom. The molecule has 0 saturated heterocycles. The monoisotopic (exact) mass is 218 g/mol. The van der Waals surface area contributed by atoms with Gasteiger partial charge in [-0.25, -0.2) is 0 Å². The molecule has 86 valence electrons. The van der Waals surface area contributed by atoms with Gasteiger partial charge in [-0.2, -0.15) is 5.26 Å². The second kappa shape index (κ2) is 6.14. The smallest absolute Gasteiger partial charge is 0.101 e. The average molecular weight is 218 g/mol. The Morgan fingerprint density at radius 1 is 1.44 bits per heavy atom. The summed E-state index contributed by atoms with van der Waals surface area (Å²) in [5.41, 5.74) is 2.90. The van der Waals surface area contributed by atoms with Crippen molar-refractivity contribution < 1.29 is 4.74 Å². The van der Waals surface area contributed by atoms with E-state index in [1.807, 2.05) is 32.2 Å². The highest BCUT2D eigenvalue weighted by atomic mass is 16.5. The quantitative estimate of drug-likeness (QED) is 0.712. The molecule has 1 aromatic rings. The van der Waals surface area contributed by atoms with Gasteiger partial charge in [-0.3, -0.25) is 0 Å². The van der Waals surface area contributed by atoms with Crippen molar-refractivity contribution in [1.29, 1.82) is 5.26 Å². The van der Waals surface area contributed by atoms with Gasteiger partial charge in [-0.05, 0) is 31.0 Å². The largest absolute Gasteiger partial charge is 0.385 e. The Balaban J connectivity index is 2.77. The van der Waals surface area contributed by atoms with Crippen molar-refractivity contribution >= 4 is 5.69 Å². The van der Waals surface area contributed by atoms with Crippen molar-refractivity contribution in [2.45, 2.75) is 13.3 Å². The summed E-state index contributed by atoms with van der Waals surface area (Å²) in [6, 6.07) is 8.10. The van der Waals surface area contributed by atoms with E-state index in [2.05, 4.69) is 11.0 Å². The topological polar surface area (TPSA) is 36.3 Å². The second-order valence-electron chi connectivity index (χ2n) is 3.90. The normalized spacial score (nSPS) is 9.88. The van der Waals surface area contributed by atoms with E-state index in [0.29, 0.717) is 0 Å². The Labute approximate surface area is 97.3 Å². The number of nitriles is 1. The molecule has 0 aromatic heterocycles. The molecule has 0 saturated carbocycles. The highest BCUT2D eigenvalue weighted by Crippen LogP contribution is 2.20. The van der Waals surface area contributed by atoms with Gasteiger partial charge in [0.05, 0.1) is 11.3 Å². The van der Waals surface area contributed by atoms with E-state index in [1.165, 1.54) is 5.56 Å². The average Bonchev–Trinajstić information content (AvgIpc) is 2.29. The maximum atomic E-state index is 9.03. The van der Waals surface area contributed by atoms with Crippen molar-refractivity contribution in [3.05, 3.63) is 29.3 Å². The van der Waals surface area contributed by atoms with Crippen LogP contribution in [0.2, 0.25) is 0 Å². The zero-order valence-corrected chi connectivity index (χ0v) is 10.2. The third-order valence-electron chi connectivity index (χ3n) is 2.53. The van der Waals surface area contributed by atoms with E-state index in [-0.39, 0.29) is 0 Å². The molecule has 0 fully saturated rings. The number of ether oxygens (including phenoxy) is 1. The van der Waals surface area contributed by atoms with E-state index in [4.69, 9.17) is 10.00 Å². The zero-order valence-electron chi connectivity index (χ0n) is 10.2. The molecule has 16 heavy (non-hydrogen) atoms. The lowest BCUT2D eigenvalue weighted by Gasteiger charge is -2.20. The molecule has 0 bridgehead atoms. The molecule has 1 rings (SSSR count). The lowest BCUT2D eigenvalue weighted by atomic mass is 10.1. The molecule has 0 spiro atoms. The van der Waals surface area contributed by atoms with Gasteiger partial charge < -0.3 is 9.64 Å². The fraction of sp³-hybridized carbons (Fsp3) is 0.462. The predicted molar refractivity (Wildman–Crippen MR) is 65.7 cm³/mol. The minimum absolute atomic E-state index is 0.727. The molecule has 0 aliphatic heterocycles. The zero-order chi connectivity index (χ0) is 12.0. The molecule has 3 nitrogen and oxygen atoms in total. The van der Waals surface area contributed by atoms with E-state index < -0.39 is 0 Å². The number of benzene rings is 1. The number of hydrogen-bond donors (Lipinski definition) is 0. The van der Waals surface area contributed by atoms with Crippen molar-refractivity contribution in [3.63, 3.8) is 0 Å². The van der Waals surface area contributed by atoms with Gasteiger partial charge in [-0.1, -0.05) is 6.07 Å². The van der Waals surface area contributed by atoms with Gasteiger partial charge in [0.25, 0.3) is 0 Å². The standard InChI is InChI=1S/C13H18N2O/c1-11-5-6-12(10-14)13(9-11)15(2)7-4-8-16-3/h5-6,9H,4,7-8H2,1-3H3. The number of rotatable bonds is 5. The van der Waals surface area contributed by atoms with Crippen molar-refractivity contribution in [1.82, 2.24) is 0 Å². The Kier molecular flexibility index (Phi) is 4.81. The number of anilines is 1. The van der Waals surface area contributed by atoms with E-state index >= 15 is 0 Å². The maximum absolute atomic E-state index is 9.03. The number of hydrogen-bond acceptors (Lipinski definition) is 3. The molecule has 0 atom stereocenters. The Bertz CT molecular complexity index is 382. The SMILES string of the molecule is COCCCN(C)c1cc(C)ccc1C#N. The van der Waals surface area contributed by atoms with Crippen LogP contribution in [0, 0.1) is 18.3 Å². The molecule has 0 amide bonds. The lowest BCUT2D eigenvalue weighted by Crippen LogP contribution is -2.20. The van der Waals surface area contributed by atoms with Gasteiger partial charge in [0, 0.05) is 27.3 Å². The van der Waals surface area contributed by atoms with Gasteiger partial charge in [0.2, 0.25) is 0 Å². The van der Waals surface area contributed by atoms with Crippen molar-refractivity contribution in [3.8, 4) is 6.07 Å². The first-order valence-electron chi connectivity index (χ1n) is 5.40. The van der Waals surface area contributed by atoms with Crippen LogP contribution < -0.4 is 4.90 Å². The molecule has 0 unspecified atom stereocenters. The second-order valence-corrected chi connectivity index (χ2v) is 3.90. The predicted octanol–water partition coefficient (Wildman–Crippen LogP) is 2.34. The summed E-state index contributed by atoms with van der Waals surface area (Å²) in [6.07, 6.45) is 0.964. The molecule has 0 aliphatic carbocycles. The van der Waals surface area contributed by atoms with Crippen LogP contribution in [-0.4, -0.2) is 27.3 Å². The highest BCUT2D eigenvalue weighted by molar-refractivity contribution is 5.60. The van der Waals surface area contributed by atoms with E-state index in [1.54, 1.807) is 7.11 Å². The summed E-state index contributed by atoms with van der Waals surface area (Å²) in [5.74, 6) is 0. The number of methoxy groups -OCH3 is 1. The van der Waals surface area contributed by atoms with E-state index in [0.717, 1.165) is 30.8 Å². The summed E-state index contributed by atoms with van der Waals surface area (Å²) < 4.78 is 5.02. The molecule has 0 heterocycles. The Hall–Kier alpha value is -1.53. The van der Waals surface area contributed by atoms with Crippen LogP contribution in [0.15, 0.2) is 18.2 Å². The highest BCUT2D eigenvalue weighted by Gasteiger charge is 2.06. The summed E-state index contributed by atoms with van der Waals surface area (Å²) in [4.78, 5) is 2.10. The van der Waals surface area contributed by atoms with Crippen LogP contribution in [0.1, 0.15) is 17.5 Å². The Morgan fingerprint density at radius 2 is 2.19 bits per heavy atom. The molecule has 3 heteroatoms. The molecular weight excluding hydrogens is 200 g/mol. The summed E-state index contributed by atoms with van der Waals surface area (Å²) in [6.45, 7) is 3.68. The first-order chi connectivity index (χ1) is 7.69. The fourth-order valence-corrected chi connectivity index (χ4v) is 1.62. The third-order valence-corrected chi connectivity index (χ3v) is 2.53. The van der Waals surface area contributed by atoms with Crippen LogP contribution in [-0.2, 0) is 4.74 Å². The summed E-state index contributed by atoms with van der Waals surface area (Å²) in [5, 5.41) is 9.03.